The van der Waals surface area contributed by atoms with Gasteiger partial charge in [0.25, 0.3) is 0 Å². The summed E-state index contributed by atoms with van der Waals surface area (Å²) in [5.41, 5.74) is 1.44. The van der Waals surface area contributed by atoms with Gasteiger partial charge in [-0.1, -0.05) is 23.9 Å². The van der Waals surface area contributed by atoms with Crippen molar-refractivity contribution in [1.29, 1.82) is 0 Å². The van der Waals surface area contributed by atoms with Crippen LogP contribution in [-0.4, -0.2) is 38.2 Å². The highest BCUT2D eigenvalue weighted by atomic mass is 32.2. The smallest absolute Gasteiger partial charge is 0.234 e. The molecule has 0 spiro atoms. The van der Waals surface area contributed by atoms with Crippen LogP contribution >= 0.6 is 11.8 Å². The number of nitrogens with one attached hydrogen (secondary N) is 1. The first kappa shape index (κ1) is 18.1. The van der Waals surface area contributed by atoms with Gasteiger partial charge in [0, 0.05) is 24.5 Å². The lowest BCUT2D eigenvalue weighted by molar-refractivity contribution is -0.113. The summed E-state index contributed by atoms with van der Waals surface area (Å²) in [6.45, 7) is 4.47. The van der Waals surface area contributed by atoms with Crippen molar-refractivity contribution >= 4 is 23.4 Å². The highest BCUT2D eigenvalue weighted by Gasteiger charge is 2.19. The topological polar surface area (TPSA) is 91.2 Å². The molecule has 3 aromatic rings. The average Bonchev–Trinajstić information content (AvgIpc) is 3.35. The van der Waals surface area contributed by atoms with E-state index in [4.69, 9.17) is 9.47 Å². The van der Waals surface area contributed by atoms with Crippen molar-refractivity contribution in [1.82, 2.24) is 19.7 Å². The van der Waals surface area contributed by atoms with Gasteiger partial charge in [0.15, 0.2) is 22.5 Å². The van der Waals surface area contributed by atoms with Crippen LogP contribution in [0.1, 0.15) is 0 Å². The minimum atomic E-state index is -0.176. The number of carbonyl (C=O) groups excluding carboxylic acids is 1. The molecule has 0 saturated heterocycles. The highest BCUT2D eigenvalue weighted by molar-refractivity contribution is 7.99. The lowest BCUT2D eigenvalue weighted by atomic mass is 10.2. The summed E-state index contributed by atoms with van der Waals surface area (Å²) in [6, 6.07) is 9.13. The number of hydrogen-bond acceptors (Lipinski definition) is 7. The number of para-hydroxylation sites is 1. The Morgan fingerprint density at radius 1 is 1.29 bits per heavy atom. The van der Waals surface area contributed by atoms with Gasteiger partial charge >= 0.3 is 0 Å². The first-order chi connectivity index (χ1) is 13.8. The maximum absolute atomic E-state index is 12.4. The van der Waals surface area contributed by atoms with E-state index in [0.717, 1.165) is 5.56 Å². The Kier molecular flexibility index (Phi) is 5.24. The molecule has 1 amide bonds. The summed E-state index contributed by atoms with van der Waals surface area (Å²) in [4.78, 5) is 16.5. The number of allylic oxidation sites excluding steroid dienone is 1. The van der Waals surface area contributed by atoms with E-state index in [2.05, 4.69) is 27.1 Å². The third-order valence-corrected chi connectivity index (χ3v) is 4.92. The Balaban J connectivity index is 1.46. The first-order valence-corrected chi connectivity index (χ1v) is 9.50. The van der Waals surface area contributed by atoms with Crippen LogP contribution in [0.15, 0.2) is 60.5 Å². The molecule has 9 heteroatoms. The fourth-order valence-electron chi connectivity index (χ4n) is 2.74. The van der Waals surface area contributed by atoms with Crippen LogP contribution in [0.25, 0.3) is 11.4 Å². The second-order valence-corrected chi connectivity index (χ2v) is 6.77. The third kappa shape index (κ3) is 3.70. The van der Waals surface area contributed by atoms with Crippen LogP contribution in [0.4, 0.5) is 5.69 Å². The zero-order chi connectivity index (χ0) is 19.3. The number of benzene rings is 1. The van der Waals surface area contributed by atoms with Crippen molar-refractivity contribution in [3.05, 3.63) is 55.4 Å². The van der Waals surface area contributed by atoms with Crippen molar-refractivity contribution in [2.75, 3.05) is 17.9 Å². The second kappa shape index (κ2) is 8.13. The zero-order valence-corrected chi connectivity index (χ0v) is 15.7. The molecule has 0 atom stereocenters. The van der Waals surface area contributed by atoms with Gasteiger partial charge in [-0.3, -0.25) is 14.3 Å². The maximum atomic E-state index is 12.4. The number of hydrogen-bond donors (Lipinski definition) is 1. The number of amides is 1. The number of ether oxygens (including phenoxy) is 2. The number of fused-ring (bicyclic) bond motifs is 1. The van der Waals surface area contributed by atoms with E-state index in [1.54, 1.807) is 36.7 Å². The summed E-state index contributed by atoms with van der Waals surface area (Å²) in [6.07, 6.45) is 5.19. The Morgan fingerprint density at radius 3 is 3.04 bits per heavy atom. The summed E-state index contributed by atoms with van der Waals surface area (Å²) in [5.74, 6) is 1.85. The van der Waals surface area contributed by atoms with E-state index in [1.165, 1.54) is 11.8 Å². The number of anilines is 1. The van der Waals surface area contributed by atoms with Gasteiger partial charge in [0.2, 0.25) is 12.7 Å². The quantitative estimate of drug-likeness (QED) is 0.486. The van der Waals surface area contributed by atoms with Crippen LogP contribution in [0, 0.1) is 0 Å². The molecule has 142 valence electrons. The Labute approximate surface area is 165 Å². The molecule has 2 aromatic heterocycles. The summed E-state index contributed by atoms with van der Waals surface area (Å²) >= 11 is 1.30. The van der Waals surface area contributed by atoms with E-state index in [-0.39, 0.29) is 18.5 Å². The fourth-order valence-corrected chi connectivity index (χ4v) is 3.49. The molecule has 0 radical (unpaired) electrons. The normalized spacial score (nSPS) is 12.0. The minimum Gasteiger partial charge on any atom is -0.454 e. The van der Waals surface area contributed by atoms with Crippen LogP contribution < -0.4 is 14.8 Å². The molecule has 1 aliphatic heterocycles. The zero-order valence-electron chi connectivity index (χ0n) is 14.9. The van der Waals surface area contributed by atoms with Crippen LogP contribution in [0.2, 0.25) is 0 Å². The number of carbonyl (C=O) groups is 1. The Hall–Kier alpha value is -3.33. The molecule has 4 rings (SSSR count). The van der Waals surface area contributed by atoms with Crippen molar-refractivity contribution in [2.24, 2.45) is 0 Å². The van der Waals surface area contributed by atoms with Crippen LogP contribution in [0.3, 0.4) is 0 Å². The second-order valence-electron chi connectivity index (χ2n) is 5.82. The maximum Gasteiger partial charge on any atom is 0.234 e. The summed E-state index contributed by atoms with van der Waals surface area (Å²) < 4.78 is 12.6. The SMILES string of the molecule is C=CCn1c(SCC(=O)Nc2cccc3c2OCO3)nnc1-c1cccnc1. The van der Waals surface area contributed by atoms with E-state index in [0.29, 0.717) is 34.7 Å². The van der Waals surface area contributed by atoms with Gasteiger partial charge in [-0.2, -0.15) is 0 Å². The van der Waals surface area contributed by atoms with Crippen LogP contribution in [-0.2, 0) is 11.3 Å². The third-order valence-electron chi connectivity index (χ3n) is 3.95. The van der Waals surface area contributed by atoms with E-state index in [9.17, 15) is 4.79 Å². The Morgan fingerprint density at radius 2 is 2.21 bits per heavy atom. The molecule has 0 aliphatic carbocycles. The van der Waals surface area contributed by atoms with E-state index < -0.39 is 0 Å². The molecule has 28 heavy (non-hydrogen) atoms. The molecule has 0 unspecified atom stereocenters. The Bertz CT molecular complexity index is 1010. The van der Waals surface area contributed by atoms with Gasteiger partial charge in [0.1, 0.15) is 0 Å². The minimum absolute atomic E-state index is 0.152. The van der Waals surface area contributed by atoms with Crippen LogP contribution in [0.5, 0.6) is 11.5 Å². The number of aromatic nitrogens is 4. The molecule has 0 saturated carbocycles. The molecular weight excluding hydrogens is 378 g/mol. The van der Waals surface area contributed by atoms with Crippen molar-refractivity contribution < 1.29 is 14.3 Å². The van der Waals surface area contributed by atoms with Gasteiger partial charge in [0.05, 0.1) is 11.4 Å². The molecule has 0 fully saturated rings. The predicted molar refractivity (Wildman–Crippen MR) is 105 cm³/mol. The standard InChI is InChI=1S/C19H17N5O3S/c1-2-9-24-18(13-5-4-8-20-10-13)22-23-19(24)28-11-16(25)21-14-6-3-7-15-17(14)27-12-26-15/h2-8,10H,1,9,11-12H2,(H,21,25). The molecule has 1 N–H and O–H groups in total. The lowest BCUT2D eigenvalue weighted by Crippen LogP contribution is -2.15. The monoisotopic (exact) mass is 395 g/mol. The number of thioether (sulfide) groups is 1. The van der Waals surface area contributed by atoms with E-state index in [1.807, 2.05) is 16.7 Å². The van der Waals surface area contributed by atoms with Gasteiger partial charge in [-0.15, -0.1) is 16.8 Å². The predicted octanol–water partition coefficient (Wildman–Crippen LogP) is 2.99. The van der Waals surface area contributed by atoms with Gasteiger partial charge in [-0.25, -0.2) is 0 Å². The van der Waals surface area contributed by atoms with Crippen molar-refractivity contribution in [3.8, 4) is 22.9 Å². The summed E-state index contributed by atoms with van der Waals surface area (Å²) in [7, 11) is 0. The lowest BCUT2D eigenvalue weighted by Gasteiger charge is -2.09. The summed E-state index contributed by atoms with van der Waals surface area (Å²) in [5, 5.41) is 12.0. The largest absolute Gasteiger partial charge is 0.454 e. The molecule has 3 heterocycles. The van der Waals surface area contributed by atoms with Gasteiger partial charge in [-0.05, 0) is 24.3 Å². The van der Waals surface area contributed by atoms with Gasteiger partial charge < -0.3 is 14.8 Å². The molecule has 1 aliphatic rings. The number of nitrogens with zero attached hydrogens (tertiary/aromatic N) is 4. The first-order valence-electron chi connectivity index (χ1n) is 8.52. The molecular formula is C19H17N5O3S. The van der Waals surface area contributed by atoms with E-state index >= 15 is 0 Å². The fraction of sp³-hybridized carbons (Fsp3) is 0.158. The number of pyridine rings is 1. The molecule has 0 bridgehead atoms. The van der Waals surface area contributed by atoms with Crippen molar-refractivity contribution in [3.63, 3.8) is 0 Å². The molecule has 1 aromatic carbocycles. The number of rotatable bonds is 7. The average molecular weight is 395 g/mol. The molecule has 8 nitrogen and oxygen atoms in total. The highest BCUT2D eigenvalue weighted by Crippen LogP contribution is 2.38. The van der Waals surface area contributed by atoms with Crippen molar-refractivity contribution in [2.45, 2.75) is 11.7 Å².